The van der Waals surface area contributed by atoms with Gasteiger partial charge in [0.1, 0.15) is 4.99 Å². The number of carbonyl (C=O) groups excluding carboxylic acids is 1. The highest BCUT2D eigenvalue weighted by Crippen LogP contribution is 2.11. The highest BCUT2D eigenvalue weighted by atomic mass is 32.1. The summed E-state index contributed by atoms with van der Waals surface area (Å²) in [6, 6.07) is 11.1. The molecule has 1 aromatic heterocycles. The summed E-state index contributed by atoms with van der Waals surface area (Å²) in [6.07, 6.45) is 0.322. The van der Waals surface area contributed by atoms with Crippen molar-refractivity contribution in [1.29, 1.82) is 0 Å². The van der Waals surface area contributed by atoms with Crippen LogP contribution in [-0.2, 0) is 16.1 Å². The molecule has 0 saturated carbocycles. The maximum Gasteiger partial charge on any atom is 0.226 e. The highest BCUT2D eigenvalue weighted by Gasteiger charge is 2.03. The number of nitrogens with one attached hydrogen (secondary N) is 1. The van der Waals surface area contributed by atoms with E-state index in [1.807, 2.05) is 17.5 Å². The first-order chi connectivity index (χ1) is 10.1. The van der Waals surface area contributed by atoms with E-state index in [2.05, 4.69) is 5.32 Å². The number of anilines is 1. The van der Waals surface area contributed by atoms with E-state index in [1.54, 1.807) is 35.6 Å². The molecule has 0 spiro atoms. The fourth-order valence-electron chi connectivity index (χ4n) is 1.67. The predicted molar refractivity (Wildman–Crippen MR) is 89.6 cm³/mol. The second-order valence-corrected chi connectivity index (χ2v) is 5.84. The predicted octanol–water partition coefficient (Wildman–Crippen LogP) is 2.93. The van der Waals surface area contributed by atoms with E-state index in [4.69, 9.17) is 22.7 Å². The zero-order valence-electron chi connectivity index (χ0n) is 11.4. The number of nitrogens with two attached hydrogens (primary N) is 1. The Kier molecular flexibility index (Phi) is 5.86. The Morgan fingerprint density at radius 2 is 2.05 bits per heavy atom. The lowest BCUT2D eigenvalue weighted by molar-refractivity contribution is -0.117. The first kappa shape index (κ1) is 15.6. The van der Waals surface area contributed by atoms with Crippen molar-refractivity contribution in [2.75, 3.05) is 11.9 Å². The number of thiophene rings is 1. The summed E-state index contributed by atoms with van der Waals surface area (Å²) < 4.78 is 5.45. The molecule has 21 heavy (non-hydrogen) atoms. The van der Waals surface area contributed by atoms with Crippen molar-refractivity contribution in [1.82, 2.24) is 0 Å². The molecule has 1 aromatic carbocycles. The van der Waals surface area contributed by atoms with Crippen molar-refractivity contribution >= 4 is 40.1 Å². The van der Waals surface area contributed by atoms with E-state index in [0.717, 1.165) is 16.1 Å². The Hall–Kier alpha value is -1.76. The monoisotopic (exact) mass is 320 g/mol. The molecule has 0 bridgehead atoms. The Labute approximate surface area is 132 Å². The van der Waals surface area contributed by atoms with Gasteiger partial charge in [0.2, 0.25) is 5.91 Å². The van der Waals surface area contributed by atoms with Crippen molar-refractivity contribution in [3.05, 3.63) is 52.2 Å². The summed E-state index contributed by atoms with van der Waals surface area (Å²) in [4.78, 5) is 13.3. The van der Waals surface area contributed by atoms with Gasteiger partial charge in [0.25, 0.3) is 0 Å². The molecule has 4 nitrogen and oxygen atoms in total. The summed E-state index contributed by atoms with van der Waals surface area (Å²) in [6.45, 7) is 0.947. The molecule has 1 heterocycles. The average Bonchev–Trinajstić information content (AvgIpc) is 2.97. The van der Waals surface area contributed by atoms with Crippen LogP contribution in [0.15, 0.2) is 41.8 Å². The second-order valence-electron chi connectivity index (χ2n) is 4.37. The van der Waals surface area contributed by atoms with Crippen molar-refractivity contribution in [3.63, 3.8) is 0 Å². The standard InChI is InChI=1S/C15H16N2O2S2/c16-15(20)11-3-5-12(6-4-11)17-14(18)7-8-19-10-13-2-1-9-21-13/h1-6,9H,7-8,10H2,(H2,16,20)(H,17,18). The van der Waals surface area contributed by atoms with Crippen molar-refractivity contribution in [2.24, 2.45) is 5.73 Å². The number of rotatable bonds is 7. The van der Waals surface area contributed by atoms with Gasteiger partial charge in [0.05, 0.1) is 19.6 Å². The molecule has 0 unspecified atom stereocenters. The first-order valence-electron chi connectivity index (χ1n) is 6.45. The van der Waals surface area contributed by atoms with Crippen LogP contribution >= 0.6 is 23.6 Å². The second kappa shape index (κ2) is 7.87. The largest absolute Gasteiger partial charge is 0.389 e. The van der Waals surface area contributed by atoms with Crippen LogP contribution in [0.1, 0.15) is 16.9 Å². The van der Waals surface area contributed by atoms with E-state index < -0.39 is 0 Å². The molecule has 0 aliphatic heterocycles. The third kappa shape index (κ3) is 5.26. The molecule has 0 aliphatic carbocycles. The number of ether oxygens (including phenoxy) is 1. The maximum atomic E-state index is 11.8. The Morgan fingerprint density at radius 3 is 2.67 bits per heavy atom. The van der Waals surface area contributed by atoms with Gasteiger partial charge in [-0.1, -0.05) is 18.3 Å². The number of amides is 1. The SMILES string of the molecule is NC(=S)c1ccc(NC(=O)CCOCc2cccs2)cc1. The molecular weight excluding hydrogens is 304 g/mol. The van der Waals surface area contributed by atoms with Crippen LogP contribution in [0.2, 0.25) is 0 Å². The molecule has 6 heteroatoms. The molecule has 2 aromatic rings. The van der Waals surface area contributed by atoms with Crippen LogP contribution < -0.4 is 11.1 Å². The maximum absolute atomic E-state index is 11.8. The lowest BCUT2D eigenvalue weighted by Gasteiger charge is -2.06. The Bertz CT molecular complexity index is 595. The molecule has 0 saturated heterocycles. The number of benzene rings is 1. The van der Waals surface area contributed by atoms with Crippen LogP contribution in [0.5, 0.6) is 0 Å². The molecule has 0 fully saturated rings. The molecule has 0 aliphatic rings. The molecule has 110 valence electrons. The summed E-state index contributed by atoms with van der Waals surface area (Å²) in [5, 5.41) is 4.80. The third-order valence-corrected chi connectivity index (χ3v) is 3.84. The number of carbonyl (C=O) groups is 1. The minimum atomic E-state index is -0.0794. The van der Waals surface area contributed by atoms with Gasteiger partial charge in [0, 0.05) is 16.1 Å². The molecule has 0 atom stereocenters. The minimum Gasteiger partial charge on any atom is -0.389 e. The van der Waals surface area contributed by atoms with E-state index in [0.29, 0.717) is 24.6 Å². The molecule has 2 rings (SSSR count). The van der Waals surface area contributed by atoms with E-state index in [9.17, 15) is 4.79 Å². The Morgan fingerprint density at radius 1 is 1.29 bits per heavy atom. The smallest absolute Gasteiger partial charge is 0.226 e. The van der Waals surface area contributed by atoms with Crippen LogP contribution in [0, 0.1) is 0 Å². The van der Waals surface area contributed by atoms with Crippen LogP contribution in [0.4, 0.5) is 5.69 Å². The fourth-order valence-corrected chi connectivity index (χ4v) is 2.45. The van der Waals surface area contributed by atoms with Crippen LogP contribution in [-0.4, -0.2) is 17.5 Å². The summed E-state index contributed by atoms with van der Waals surface area (Å²) >= 11 is 6.51. The quantitative estimate of drug-likeness (QED) is 0.608. The van der Waals surface area contributed by atoms with Gasteiger partial charge in [-0.2, -0.15) is 0 Å². The van der Waals surface area contributed by atoms with Gasteiger partial charge in [-0.3, -0.25) is 4.79 Å². The van der Waals surface area contributed by atoms with E-state index >= 15 is 0 Å². The number of hydrogen-bond acceptors (Lipinski definition) is 4. The molecular formula is C15H16N2O2S2. The van der Waals surface area contributed by atoms with Crippen molar-refractivity contribution in [2.45, 2.75) is 13.0 Å². The average molecular weight is 320 g/mol. The molecule has 3 N–H and O–H groups in total. The van der Waals surface area contributed by atoms with Crippen LogP contribution in [0.25, 0.3) is 0 Å². The summed E-state index contributed by atoms with van der Waals surface area (Å²) in [7, 11) is 0. The van der Waals surface area contributed by atoms with Gasteiger partial charge >= 0.3 is 0 Å². The van der Waals surface area contributed by atoms with Crippen molar-refractivity contribution < 1.29 is 9.53 Å². The zero-order valence-corrected chi connectivity index (χ0v) is 13.0. The summed E-state index contributed by atoms with van der Waals surface area (Å²) in [5.41, 5.74) is 7.02. The topological polar surface area (TPSA) is 64.3 Å². The number of thiocarbonyl (C=S) groups is 1. The van der Waals surface area contributed by atoms with Gasteiger partial charge in [-0.05, 0) is 35.7 Å². The van der Waals surface area contributed by atoms with Crippen molar-refractivity contribution in [3.8, 4) is 0 Å². The summed E-state index contributed by atoms with van der Waals surface area (Å²) in [5.74, 6) is -0.0794. The van der Waals surface area contributed by atoms with E-state index in [1.165, 1.54) is 0 Å². The normalized spacial score (nSPS) is 10.3. The zero-order chi connectivity index (χ0) is 15.1. The van der Waals surface area contributed by atoms with Gasteiger partial charge in [-0.25, -0.2) is 0 Å². The van der Waals surface area contributed by atoms with Gasteiger partial charge in [0.15, 0.2) is 0 Å². The minimum absolute atomic E-state index is 0.0794. The highest BCUT2D eigenvalue weighted by molar-refractivity contribution is 7.80. The lowest BCUT2D eigenvalue weighted by atomic mass is 10.2. The van der Waals surface area contributed by atoms with Gasteiger partial charge in [-0.15, -0.1) is 11.3 Å². The molecule has 0 radical (unpaired) electrons. The first-order valence-corrected chi connectivity index (χ1v) is 7.74. The molecule has 1 amide bonds. The lowest BCUT2D eigenvalue weighted by Crippen LogP contribution is -2.14. The van der Waals surface area contributed by atoms with Gasteiger partial charge < -0.3 is 15.8 Å². The fraction of sp³-hybridized carbons (Fsp3) is 0.200. The Balaban J connectivity index is 1.70. The van der Waals surface area contributed by atoms with Crippen LogP contribution in [0.3, 0.4) is 0 Å². The number of hydrogen-bond donors (Lipinski definition) is 2. The van der Waals surface area contributed by atoms with E-state index in [-0.39, 0.29) is 5.91 Å². The third-order valence-electron chi connectivity index (χ3n) is 2.75.